The Morgan fingerprint density at radius 2 is 1.90 bits per heavy atom. The molecule has 1 aliphatic heterocycles. The highest BCUT2D eigenvalue weighted by Gasteiger charge is 2.23. The van der Waals surface area contributed by atoms with E-state index in [1.165, 1.54) is 0 Å². The van der Waals surface area contributed by atoms with Crippen molar-refractivity contribution in [3.8, 4) is 0 Å². The molecule has 2 rings (SSSR count). The number of hydrogen-bond donors (Lipinski definition) is 1. The average Bonchev–Trinajstić information content (AvgIpc) is 2.45. The molecule has 1 aliphatic rings. The van der Waals surface area contributed by atoms with Gasteiger partial charge in [0.05, 0.1) is 18.0 Å². The maximum Gasteiger partial charge on any atom is 0.409 e. The average molecular weight is 277 g/mol. The molecule has 2 N–H and O–H groups in total. The maximum atomic E-state index is 11.9. The third kappa shape index (κ3) is 3.56. The first-order chi connectivity index (χ1) is 9.58. The van der Waals surface area contributed by atoms with Crippen LogP contribution in [0.25, 0.3) is 0 Å². The Bertz CT molecular complexity index is 454. The fraction of sp³-hybridized carbons (Fsp3) is 0.533. The Labute approximate surface area is 120 Å². The van der Waals surface area contributed by atoms with E-state index < -0.39 is 0 Å². The number of nitrogen functional groups attached to an aromatic ring is 1. The van der Waals surface area contributed by atoms with Gasteiger partial charge in [-0.3, -0.25) is 0 Å². The van der Waals surface area contributed by atoms with E-state index in [9.17, 15) is 4.79 Å². The molecule has 0 saturated carbocycles. The van der Waals surface area contributed by atoms with Crippen LogP contribution in [0.1, 0.15) is 13.8 Å². The highest BCUT2D eigenvalue weighted by atomic mass is 16.6. The molecule has 0 bridgehead atoms. The van der Waals surface area contributed by atoms with Gasteiger partial charge in [-0.2, -0.15) is 0 Å². The predicted molar refractivity (Wildman–Crippen MR) is 80.8 cm³/mol. The molecule has 1 aromatic carbocycles. The molecular weight excluding hydrogens is 254 g/mol. The normalized spacial score (nSPS) is 15.6. The van der Waals surface area contributed by atoms with Crippen LogP contribution in [0.3, 0.4) is 0 Å². The fourth-order valence-electron chi connectivity index (χ4n) is 2.23. The minimum Gasteiger partial charge on any atom is -0.449 e. The Balaban J connectivity index is 1.86. The zero-order chi connectivity index (χ0) is 14.5. The molecule has 0 radical (unpaired) electrons. The molecule has 5 nitrogen and oxygen atoms in total. The molecule has 0 atom stereocenters. The van der Waals surface area contributed by atoms with Crippen molar-refractivity contribution < 1.29 is 9.53 Å². The molecule has 0 aliphatic carbocycles. The van der Waals surface area contributed by atoms with Crippen LogP contribution in [0.15, 0.2) is 24.3 Å². The van der Waals surface area contributed by atoms with E-state index in [-0.39, 0.29) is 6.09 Å². The third-order valence-electron chi connectivity index (χ3n) is 3.36. The summed E-state index contributed by atoms with van der Waals surface area (Å²) in [5, 5.41) is 0. The molecule has 0 spiro atoms. The SMILES string of the molecule is CC(C)COC(=O)N1CCN(c2ccccc2N)CC1. The lowest BCUT2D eigenvalue weighted by molar-refractivity contribution is 0.0902. The molecule has 5 heteroatoms. The summed E-state index contributed by atoms with van der Waals surface area (Å²) in [5.41, 5.74) is 7.80. The molecule has 20 heavy (non-hydrogen) atoms. The van der Waals surface area contributed by atoms with Crippen LogP contribution in [0.4, 0.5) is 16.2 Å². The van der Waals surface area contributed by atoms with E-state index >= 15 is 0 Å². The van der Waals surface area contributed by atoms with Crippen molar-refractivity contribution in [3.63, 3.8) is 0 Å². The Morgan fingerprint density at radius 1 is 1.25 bits per heavy atom. The number of nitrogens with two attached hydrogens (primary N) is 1. The van der Waals surface area contributed by atoms with Crippen molar-refractivity contribution >= 4 is 17.5 Å². The van der Waals surface area contributed by atoms with E-state index in [0.717, 1.165) is 24.5 Å². The number of hydrogen-bond acceptors (Lipinski definition) is 4. The van der Waals surface area contributed by atoms with Crippen LogP contribution in [-0.2, 0) is 4.74 Å². The van der Waals surface area contributed by atoms with E-state index in [4.69, 9.17) is 10.5 Å². The van der Waals surface area contributed by atoms with E-state index in [1.807, 2.05) is 38.1 Å². The first-order valence-electron chi connectivity index (χ1n) is 7.09. The number of para-hydroxylation sites is 2. The zero-order valence-electron chi connectivity index (χ0n) is 12.2. The molecular formula is C15H23N3O2. The fourth-order valence-corrected chi connectivity index (χ4v) is 2.23. The lowest BCUT2D eigenvalue weighted by atomic mass is 10.2. The number of amides is 1. The molecule has 1 amide bonds. The van der Waals surface area contributed by atoms with Gasteiger partial charge in [0.15, 0.2) is 0 Å². The van der Waals surface area contributed by atoms with Crippen LogP contribution in [0, 0.1) is 5.92 Å². The molecule has 1 heterocycles. The summed E-state index contributed by atoms with van der Waals surface area (Å²) in [6, 6.07) is 7.83. The number of piperazine rings is 1. The second-order valence-corrected chi connectivity index (χ2v) is 5.50. The smallest absolute Gasteiger partial charge is 0.409 e. The van der Waals surface area contributed by atoms with Gasteiger partial charge in [0.1, 0.15) is 0 Å². The van der Waals surface area contributed by atoms with Gasteiger partial charge in [-0.1, -0.05) is 26.0 Å². The number of rotatable bonds is 3. The highest BCUT2D eigenvalue weighted by molar-refractivity contribution is 5.70. The summed E-state index contributed by atoms with van der Waals surface area (Å²) in [5.74, 6) is 0.365. The second kappa shape index (κ2) is 6.50. The van der Waals surface area contributed by atoms with Gasteiger partial charge < -0.3 is 20.3 Å². The Hall–Kier alpha value is -1.91. The van der Waals surface area contributed by atoms with Crippen molar-refractivity contribution in [1.82, 2.24) is 4.90 Å². The Kier molecular flexibility index (Phi) is 4.71. The lowest BCUT2D eigenvalue weighted by Gasteiger charge is -2.36. The van der Waals surface area contributed by atoms with Gasteiger partial charge in [-0.05, 0) is 18.1 Å². The van der Waals surface area contributed by atoms with E-state index in [2.05, 4.69) is 4.90 Å². The summed E-state index contributed by atoms with van der Waals surface area (Å²) in [4.78, 5) is 15.8. The first kappa shape index (κ1) is 14.5. The van der Waals surface area contributed by atoms with Crippen LogP contribution in [-0.4, -0.2) is 43.8 Å². The van der Waals surface area contributed by atoms with Gasteiger partial charge in [0.2, 0.25) is 0 Å². The summed E-state index contributed by atoms with van der Waals surface area (Å²) >= 11 is 0. The largest absolute Gasteiger partial charge is 0.449 e. The molecule has 0 unspecified atom stereocenters. The van der Waals surface area contributed by atoms with Crippen molar-refractivity contribution in [1.29, 1.82) is 0 Å². The van der Waals surface area contributed by atoms with Crippen LogP contribution < -0.4 is 10.6 Å². The van der Waals surface area contributed by atoms with Crippen LogP contribution >= 0.6 is 0 Å². The number of ether oxygens (including phenoxy) is 1. The van der Waals surface area contributed by atoms with Crippen molar-refractivity contribution in [2.45, 2.75) is 13.8 Å². The monoisotopic (exact) mass is 277 g/mol. The number of nitrogens with zero attached hydrogens (tertiary/aromatic N) is 2. The lowest BCUT2D eigenvalue weighted by Crippen LogP contribution is -2.49. The first-order valence-corrected chi connectivity index (χ1v) is 7.09. The summed E-state index contributed by atoms with van der Waals surface area (Å²) in [6.45, 7) is 7.45. The predicted octanol–water partition coefficient (Wildman–Crippen LogP) is 2.18. The van der Waals surface area contributed by atoms with Crippen molar-refractivity contribution in [2.75, 3.05) is 43.4 Å². The summed E-state index contributed by atoms with van der Waals surface area (Å²) < 4.78 is 5.25. The number of carbonyl (C=O) groups excluding carboxylic acids is 1. The topological polar surface area (TPSA) is 58.8 Å². The molecule has 1 aromatic rings. The van der Waals surface area contributed by atoms with E-state index in [1.54, 1.807) is 4.90 Å². The van der Waals surface area contributed by atoms with Gasteiger partial charge in [0.25, 0.3) is 0 Å². The third-order valence-corrected chi connectivity index (χ3v) is 3.36. The minimum atomic E-state index is -0.209. The van der Waals surface area contributed by atoms with Gasteiger partial charge >= 0.3 is 6.09 Å². The van der Waals surface area contributed by atoms with Gasteiger partial charge in [-0.15, -0.1) is 0 Å². The number of benzene rings is 1. The second-order valence-electron chi connectivity index (χ2n) is 5.50. The Morgan fingerprint density at radius 3 is 2.50 bits per heavy atom. The molecule has 110 valence electrons. The number of anilines is 2. The zero-order valence-corrected chi connectivity index (χ0v) is 12.2. The van der Waals surface area contributed by atoms with Crippen LogP contribution in [0.5, 0.6) is 0 Å². The quantitative estimate of drug-likeness (QED) is 0.860. The van der Waals surface area contributed by atoms with E-state index in [0.29, 0.717) is 25.6 Å². The summed E-state index contributed by atoms with van der Waals surface area (Å²) in [6.07, 6.45) is -0.209. The van der Waals surface area contributed by atoms with Gasteiger partial charge in [0, 0.05) is 26.2 Å². The maximum absolute atomic E-state index is 11.9. The molecule has 1 fully saturated rings. The standard InChI is InChI=1S/C15H23N3O2/c1-12(2)11-20-15(19)18-9-7-17(8-10-18)14-6-4-3-5-13(14)16/h3-6,12H,7-11,16H2,1-2H3. The molecule has 0 aromatic heterocycles. The van der Waals surface area contributed by atoms with Crippen LogP contribution in [0.2, 0.25) is 0 Å². The van der Waals surface area contributed by atoms with Crippen molar-refractivity contribution in [2.24, 2.45) is 5.92 Å². The minimum absolute atomic E-state index is 0.209. The van der Waals surface area contributed by atoms with Crippen molar-refractivity contribution in [3.05, 3.63) is 24.3 Å². The van der Waals surface area contributed by atoms with Gasteiger partial charge in [-0.25, -0.2) is 4.79 Å². The summed E-state index contributed by atoms with van der Waals surface area (Å²) in [7, 11) is 0. The highest BCUT2D eigenvalue weighted by Crippen LogP contribution is 2.23. The number of carbonyl (C=O) groups is 1. The molecule has 1 saturated heterocycles.